The number of carbonyl (C=O) groups excluding carboxylic acids is 1. The Balaban J connectivity index is 1.13. The Bertz CT molecular complexity index is 1140. The highest BCUT2D eigenvalue weighted by molar-refractivity contribution is 8.01. The van der Waals surface area contributed by atoms with E-state index in [0.717, 1.165) is 36.8 Å². The monoisotopic (exact) mass is 519 g/mol. The molecule has 7 nitrogen and oxygen atoms in total. The van der Waals surface area contributed by atoms with Crippen molar-refractivity contribution in [2.75, 3.05) is 0 Å². The second-order valence-electron chi connectivity index (χ2n) is 11.1. The highest BCUT2D eigenvalue weighted by atomic mass is 32.2. The Hall–Kier alpha value is -2.84. The fourth-order valence-corrected chi connectivity index (χ4v) is 8.16. The maximum Gasteiger partial charge on any atom is 0.327 e. The normalized spacial score (nSPS) is 32.1. The number of hydrogen-bond donors (Lipinski definition) is 1. The Morgan fingerprint density at radius 3 is 2.16 bits per heavy atom. The lowest BCUT2D eigenvalue weighted by atomic mass is 9.96. The molecule has 0 unspecified atom stereocenters. The van der Waals surface area contributed by atoms with E-state index in [1.54, 1.807) is 11.8 Å². The zero-order chi connectivity index (χ0) is 25.7. The van der Waals surface area contributed by atoms with Crippen LogP contribution in [0.5, 0.6) is 0 Å². The van der Waals surface area contributed by atoms with Crippen molar-refractivity contribution in [1.29, 1.82) is 0 Å². The number of carbonyl (C=O) groups is 2. The van der Waals surface area contributed by atoms with Gasteiger partial charge < -0.3 is 19.6 Å². The lowest BCUT2D eigenvalue weighted by Gasteiger charge is -2.42. The summed E-state index contributed by atoms with van der Waals surface area (Å²) in [5.41, 5.74) is 2.32. The molecule has 0 aromatic heterocycles. The van der Waals surface area contributed by atoms with Gasteiger partial charge in [-0.1, -0.05) is 60.7 Å². The molecule has 4 aliphatic heterocycles. The topological polar surface area (TPSA) is 82.4 Å². The Morgan fingerprint density at radius 2 is 1.62 bits per heavy atom. The first-order chi connectivity index (χ1) is 17.8. The van der Waals surface area contributed by atoms with Gasteiger partial charge in [0.15, 0.2) is 6.04 Å². The van der Waals surface area contributed by atoms with Gasteiger partial charge in [-0.05, 0) is 50.7 Å². The Kier molecular flexibility index (Phi) is 6.27. The van der Waals surface area contributed by atoms with E-state index >= 15 is 0 Å². The molecule has 194 valence electrons. The smallest absolute Gasteiger partial charge is 0.327 e. The minimum Gasteiger partial charge on any atom is -0.480 e. The van der Waals surface area contributed by atoms with Crippen molar-refractivity contribution in [3.8, 4) is 0 Å². The molecule has 0 radical (unpaired) electrons. The predicted molar refractivity (Wildman–Crippen MR) is 143 cm³/mol. The number of aliphatic carboxylic acids is 1. The molecule has 1 N–H and O–H groups in total. The number of hydrogen-bond acceptors (Lipinski definition) is 5. The predicted octanol–water partition coefficient (Wildman–Crippen LogP) is 4.33. The average molecular weight is 520 g/mol. The SMILES string of the molecule is CC1(C)S[C@@H]2[C@H](/N=C\N3[C@@H]4CC[C@H]3C[C@@H](OC(c3ccccc3)c3ccccc3)C4)C(=O)N2[C@H]1C(=O)O. The number of β-lactam (4-membered cyclic amide) rings is 1. The van der Waals surface area contributed by atoms with E-state index < -0.39 is 22.8 Å². The number of aliphatic imine (C=N–C) groups is 1. The number of nitrogens with zero attached hydrogens (tertiary/aromatic N) is 3. The van der Waals surface area contributed by atoms with Crippen molar-refractivity contribution in [3.05, 3.63) is 71.8 Å². The van der Waals surface area contributed by atoms with Crippen LogP contribution in [0.15, 0.2) is 65.7 Å². The number of fused-ring (bicyclic) bond motifs is 3. The minimum absolute atomic E-state index is 0.101. The minimum atomic E-state index is -0.944. The van der Waals surface area contributed by atoms with E-state index in [1.165, 1.54) is 4.90 Å². The van der Waals surface area contributed by atoms with Crippen molar-refractivity contribution in [3.63, 3.8) is 0 Å². The van der Waals surface area contributed by atoms with Gasteiger partial charge in [-0.15, -0.1) is 11.8 Å². The summed E-state index contributed by atoms with van der Waals surface area (Å²) in [5, 5.41) is 9.46. The van der Waals surface area contributed by atoms with Crippen LogP contribution in [-0.2, 0) is 14.3 Å². The van der Waals surface area contributed by atoms with Crippen molar-refractivity contribution in [2.24, 2.45) is 4.99 Å². The van der Waals surface area contributed by atoms with Crippen LogP contribution in [0.2, 0.25) is 0 Å². The average Bonchev–Trinajstić information content (AvgIpc) is 3.28. The summed E-state index contributed by atoms with van der Waals surface area (Å²) in [7, 11) is 0. The molecule has 2 bridgehead atoms. The van der Waals surface area contributed by atoms with Crippen LogP contribution in [-0.4, -0.2) is 73.5 Å². The summed E-state index contributed by atoms with van der Waals surface area (Å²) in [5.74, 6) is -1.12. The molecule has 2 aromatic rings. The maximum absolute atomic E-state index is 12.8. The largest absolute Gasteiger partial charge is 0.480 e. The zero-order valence-electron chi connectivity index (χ0n) is 21.1. The molecule has 4 saturated heterocycles. The van der Waals surface area contributed by atoms with Crippen molar-refractivity contribution < 1.29 is 19.4 Å². The second-order valence-corrected chi connectivity index (χ2v) is 12.8. The molecular formula is C29H33N3O4S. The molecule has 0 saturated carbocycles. The van der Waals surface area contributed by atoms with Gasteiger partial charge in [0.1, 0.15) is 17.5 Å². The fourth-order valence-electron chi connectivity index (χ4n) is 6.54. The quantitative estimate of drug-likeness (QED) is 0.333. The highest BCUT2D eigenvalue weighted by Gasteiger charge is 2.64. The number of ether oxygens (including phenoxy) is 1. The first-order valence-corrected chi connectivity index (χ1v) is 14.0. The van der Waals surface area contributed by atoms with Crippen molar-refractivity contribution in [2.45, 2.75) is 86.0 Å². The highest BCUT2D eigenvalue weighted by Crippen LogP contribution is 2.51. The van der Waals surface area contributed by atoms with Crippen LogP contribution in [0.25, 0.3) is 0 Å². The van der Waals surface area contributed by atoms with Gasteiger partial charge in [0.05, 0.1) is 12.4 Å². The molecule has 8 heteroatoms. The van der Waals surface area contributed by atoms with Gasteiger partial charge in [0.25, 0.3) is 5.91 Å². The van der Waals surface area contributed by atoms with E-state index in [0.29, 0.717) is 12.1 Å². The summed E-state index contributed by atoms with van der Waals surface area (Å²) in [6.45, 7) is 3.79. The molecule has 1 amide bonds. The van der Waals surface area contributed by atoms with Crippen LogP contribution >= 0.6 is 11.8 Å². The zero-order valence-corrected chi connectivity index (χ0v) is 22.0. The summed E-state index contributed by atoms with van der Waals surface area (Å²) >= 11 is 1.54. The van der Waals surface area contributed by atoms with Gasteiger partial charge in [0, 0.05) is 16.8 Å². The van der Waals surface area contributed by atoms with Crippen LogP contribution < -0.4 is 0 Å². The molecule has 0 spiro atoms. The van der Waals surface area contributed by atoms with Gasteiger partial charge in [-0.25, -0.2) is 4.79 Å². The van der Waals surface area contributed by atoms with Gasteiger partial charge >= 0.3 is 5.97 Å². The Labute approximate surface area is 221 Å². The summed E-state index contributed by atoms with van der Waals surface area (Å²) in [6.07, 6.45) is 5.97. The van der Waals surface area contributed by atoms with Gasteiger partial charge in [-0.2, -0.15) is 0 Å². The summed E-state index contributed by atoms with van der Waals surface area (Å²) in [6, 6.07) is 20.2. The number of amides is 1. The van der Waals surface area contributed by atoms with Crippen LogP contribution in [0.3, 0.4) is 0 Å². The first-order valence-electron chi connectivity index (χ1n) is 13.1. The van der Waals surface area contributed by atoms with E-state index in [9.17, 15) is 14.7 Å². The van der Waals surface area contributed by atoms with Crippen LogP contribution in [0.4, 0.5) is 0 Å². The lowest BCUT2D eigenvalue weighted by molar-refractivity contribution is -0.158. The molecule has 4 aliphatic rings. The van der Waals surface area contributed by atoms with E-state index in [2.05, 4.69) is 53.4 Å². The third kappa shape index (κ3) is 4.34. The molecule has 6 atom stereocenters. The Morgan fingerprint density at radius 1 is 1.05 bits per heavy atom. The van der Waals surface area contributed by atoms with Gasteiger partial charge in [-0.3, -0.25) is 9.79 Å². The number of carboxylic acid groups (broad SMARTS) is 1. The van der Waals surface area contributed by atoms with E-state index in [1.807, 2.05) is 32.3 Å². The maximum atomic E-state index is 12.8. The molecular weight excluding hydrogens is 486 g/mol. The van der Waals surface area contributed by atoms with E-state index in [-0.39, 0.29) is 23.5 Å². The summed E-state index contributed by atoms with van der Waals surface area (Å²) in [4.78, 5) is 33.2. The standard InChI is InChI=1S/C29H33N3O4S/c1-29(2)25(28(34)35)32-26(33)23(27(32)37-29)30-17-31-20-13-14-21(31)16-22(15-20)36-24(18-9-5-3-6-10-18)19-11-7-4-8-12-19/h3-12,17,20-25,27H,13-16H2,1-2H3,(H,34,35)/b30-17-/t20-,21+,22+,23-,25+,27-/m1/s1. The lowest BCUT2D eigenvalue weighted by Crippen LogP contribution is -2.65. The third-order valence-corrected chi connectivity index (χ3v) is 9.84. The first kappa shape index (κ1) is 24.5. The molecule has 6 rings (SSSR count). The molecule has 4 heterocycles. The van der Waals surface area contributed by atoms with Crippen LogP contribution in [0.1, 0.15) is 56.8 Å². The molecule has 2 aromatic carbocycles. The van der Waals surface area contributed by atoms with Crippen LogP contribution in [0, 0.1) is 0 Å². The number of thioether (sulfide) groups is 1. The number of carboxylic acids is 1. The van der Waals surface area contributed by atoms with Crippen molar-refractivity contribution in [1.82, 2.24) is 9.80 Å². The number of benzene rings is 2. The van der Waals surface area contributed by atoms with Crippen molar-refractivity contribution >= 4 is 30.0 Å². The third-order valence-electron chi connectivity index (χ3n) is 8.29. The van der Waals surface area contributed by atoms with E-state index in [4.69, 9.17) is 9.73 Å². The second kappa shape index (κ2) is 9.48. The molecule has 37 heavy (non-hydrogen) atoms. The fraction of sp³-hybridized carbons (Fsp3) is 0.483. The molecule has 4 fully saturated rings. The number of rotatable bonds is 7. The molecule has 0 aliphatic carbocycles. The van der Waals surface area contributed by atoms with Gasteiger partial charge in [0.2, 0.25) is 0 Å². The number of piperidine rings is 1. The summed E-state index contributed by atoms with van der Waals surface area (Å²) < 4.78 is 6.26.